The summed E-state index contributed by atoms with van der Waals surface area (Å²) in [5.41, 5.74) is 2.91. The highest BCUT2D eigenvalue weighted by Gasteiger charge is 2.34. The van der Waals surface area contributed by atoms with E-state index in [-0.39, 0.29) is 23.1 Å². The first-order chi connectivity index (χ1) is 12.5. The number of carbonyl (C=O) groups is 2. The predicted octanol–water partition coefficient (Wildman–Crippen LogP) is 5.24. The first kappa shape index (κ1) is 16.8. The summed E-state index contributed by atoms with van der Waals surface area (Å²) in [6, 6.07) is 16.6. The molecule has 130 valence electrons. The van der Waals surface area contributed by atoms with Crippen molar-refractivity contribution in [1.29, 1.82) is 0 Å². The van der Waals surface area contributed by atoms with Crippen LogP contribution < -0.4 is 5.32 Å². The lowest BCUT2D eigenvalue weighted by Gasteiger charge is -2.24. The van der Waals surface area contributed by atoms with E-state index in [0.29, 0.717) is 16.3 Å². The standard InChI is InChI=1S/C20H14ClNO3S/c21-13-8-6-11(7-9-13)14-10-15(23)22-17-16(12-4-2-1-3-5-12)19(20(24)25)26-18(14)17/h1-9,14H,10H2,(H,22,23)(H,24,25)/t14-/m0/s1. The summed E-state index contributed by atoms with van der Waals surface area (Å²) in [6.45, 7) is 0. The molecule has 0 spiro atoms. The summed E-state index contributed by atoms with van der Waals surface area (Å²) in [6.07, 6.45) is 0.280. The minimum atomic E-state index is -0.993. The molecular formula is C20H14ClNO3S. The molecule has 0 saturated heterocycles. The van der Waals surface area contributed by atoms with E-state index in [1.54, 1.807) is 12.1 Å². The van der Waals surface area contributed by atoms with Gasteiger partial charge in [0.15, 0.2) is 0 Å². The lowest BCUT2D eigenvalue weighted by atomic mass is 9.89. The van der Waals surface area contributed by atoms with E-state index >= 15 is 0 Å². The summed E-state index contributed by atoms with van der Waals surface area (Å²) in [7, 11) is 0. The van der Waals surface area contributed by atoms with Crippen molar-refractivity contribution in [2.45, 2.75) is 12.3 Å². The Balaban J connectivity index is 1.93. The first-order valence-corrected chi connectivity index (χ1v) is 9.24. The molecule has 6 heteroatoms. The number of halogens is 1. The predicted molar refractivity (Wildman–Crippen MR) is 103 cm³/mol. The highest BCUT2D eigenvalue weighted by Crippen LogP contribution is 2.49. The molecule has 2 N–H and O–H groups in total. The zero-order valence-corrected chi connectivity index (χ0v) is 15.1. The highest BCUT2D eigenvalue weighted by atomic mass is 35.5. The zero-order chi connectivity index (χ0) is 18.3. The van der Waals surface area contributed by atoms with Crippen LogP contribution >= 0.6 is 22.9 Å². The number of benzene rings is 2. The van der Waals surface area contributed by atoms with Gasteiger partial charge in [-0.3, -0.25) is 4.79 Å². The van der Waals surface area contributed by atoms with E-state index in [9.17, 15) is 14.7 Å². The van der Waals surface area contributed by atoms with Crippen LogP contribution in [-0.2, 0) is 4.79 Å². The van der Waals surface area contributed by atoms with Gasteiger partial charge in [-0.25, -0.2) is 4.79 Å². The van der Waals surface area contributed by atoms with Crippen molar-refractivity contribution in [2.24, 2.45) is 0 Å². The lowest BCUT2D eigenvalue weighted by molar-refractivity contribution is -0.116. The summed E-state index contributed by atoms with van der Waals surface area (Å²) in [5.74, 6) is -1.30. The summed E-state index contributed by atoms with van der Waals surface area (Å²) < 4.78 is 0. The van der Waals surface area contributed by atoms with Gasteiger partial charge in [-0.05, 0) is 23.3 Å². The van der Waals surface area contributed by atoms with Crippen molar-refractivity contribution < 1.29 is 14.7 Å². The third-order valence-corrected chi connectivity index (χ3v) is 5.98. The number of thiophene rings is 1. The first-order valence-electron chi connectivity index (χ1n) is 8.05. The largest absolute Gasteiger partial charge is 0.477 e. The molecule has 1 aliphatic heterocycles. The number of anilines is 1. The van der Waals surface area contributed by atoms with Gasteiger partial charge in [0.05, 0.1) is 5.69 Å². The maximum absolute atomic E-state index is 12.4. The quantitative estimate of drug-likeness (QED) is 0.649. The fourth-order valence-corrected chi connectivity index (χ4v) is 4.65. The maximum Gasteiger partial charge on any atom is 0.346 e. The van der Waals surface area contributed by atoms with Gasteiger partial charge >= 0.3 is 5.97 Å². The number of rotatable bonds is 3. The van der Waals surface area contributed by atoms with Crippen LogP contribution in [0.1, 0.15) is 32.5 Å². The Kier molecular flexibility index (Phi) is 4.26. The van der Waals surface area contributed by atoms with Crippen molar-refractivity contribution >= 4 is 40.5 Å². The third-order valence-electron chi connectivity index (χ3n) is 4.43. The molecule has 2 heterocycles. The van der Waals surface area contributed by atoms with Gasteiger partial charge in [-0.2, -0.15) is 0 Å². The van der Waals surface area contributed by atoms with Gasteiger partial charge in [0, 0.05) is 27.8 Å². The van der Waals surface area contributed by atoms with Gasteiger partial charge in [-0.15, -0.1) is 11.3 Å². The number of carboxylic acid groups (broad SMARTS) is 1. The van der Waals surface area contributed by atoms with Crippen molar-refractivity contribution in [3.63, 3.8) is 0 Å². The van der Waals surface area contributed by atoms with Crippen molar-refractivity contribution in [2.75, 3.05) is 5.32 Å². The average molecular weight is 384 g/mol. The van der Waals surface area contributed by atoms with Gasteiger partial charge in [0.2, 0.25) is 5.91 Å². The number of aromatic carboxylic acids is 1. The van der Waals surface area contributed by atoms with Crippen LogP contribution in [0, 0.1) is 0 Å². The fraction of sp³-hybridized carbons (Fsp3) is 0.100. The topological polar surface area (TPSA) is 66.4 Å². The Bertz CT molecular complexity index is 996. The molecule has 4 nitrogen and oxygen atoms in total. The number of carbonyl (C=O) groups excluding carboxylic acids is 1. The smallest absolute Gasteiger partial charge is 0.346 e. The van der Waals surface area contributed by atoms with Gasteiger partial charge in [-0.1, -0.05) is 54.1 Å². The van der Waals surface area contributed by atoms with Crippen LogP contribution in [0.4, 0.5) is 5.69 Å². The molecule has 0 radical (unpaired) electrons. The number of hydrogen-bond donors (Lipinski definition) is 2. The highest BCUT2D eigenvalue weighted by molar-refractivity contribution is 7.15. The second-order valence-corrected chi connectivity index (χ2v) is 7.56. The minimum absolute atomic E-state index is 0.121. The van der Waals surface area contributed by atoms with E-state index in [1.165, 1.54) is 11.3 Å². The zero-order valence-electron chi connectivity index (χ0n) is 13.5. The van der Waals surface area contributed by atoms with E-state index in [4.69, 9.17) is 11.6 Å². The van der Waals surface area contributed by atoms with Crippen molar-refractivity contribution in [1.82, 2.24) is 0 Å². The number of amides is 1. The summed E-state index contributed by atoms with van der Waals surface area (Å²) in [5, 5.41) is 13.2. The number of hydrogen-bond acceptors (Lipinski definition) is 3. The second-order valence-electron chi connectivity index (χ2n) is 6.07. The molecule has 3 aromatic rings. The Labute approximate surface area is 159 Å². The summed E-state index contributed by atoms with van der Waals surface area (Å²) in [4.78, 5) is 25.3. The number of nitrogens with one attached hydrogen (secondary N) is 1. The van der Waals surface area contributed by atoms with E-state index in [2.05, 4.69) is 5.32 Å². The lowest BCUT2D eigenvalue weighted by Crippen LogP contribution is -2.22. The molecule has 26 heavy (non-hydrogen) atoms. The molecule has 1 aliphatic rings. The number of carboxylic acids is 1. The van der Waals surface area contributed by atoms with Gasteiger partial charge < -0.3 is 10.4 Å². The van der Waals surface area contributed by atoms with E-state index in [0.717, 1.165) is 16.0 Å². The Hall–Kier alpha value is -2.63. The molecule has 0 saturated carbocycles. The van der Waals surface area contributed by atoms with Crippen LogP contribution in [0.25, 0.3) is 11.1 Å². The molecule has 2 aromatic carbocycles. The Morgan fingerprint density at radius 2 is 1.81 bits per heavy atom. The SMILES string of the molecule is O=C1C[C@@H](c2ccc(Cl)cc2)c2sc(C(=O)O)c(-c3ccccc3)c2N1. The Morgan fingerprint density at radius 1 is 1.12 bits per heavy atom. The third kappa shape index (κ3) is 2.89. The average Bonchev–Trinajstić information content (AvgIpc) is 3.02. The maximum atomic E-state index is 12.4. The van der Waals surface area contributed by atoms with Gasteiger partial charge in [0.25, 0.3) is 0 Å². The van der Waals surface area contributed by atoms with E-state index < -0.39 is 5.97 Å². The van der Waals surface area contributed by atoms with Crippen LogP contribution in [0.3, 0.4) is 0 Å². The monoisotopic (exact) mass is 383 g/mol. The molecule has 4 rings (SSSR count). The van der Waals surface area contributed by atoms with E-state index in [1.807, 2.05) is 42.5 Å². The molecular weight excluding hydrogens is 370 g/mol. The van der Waals surface area contributed by atoms with Crippen molar-refractivity contribution in [3.05, 3.63) is 74.9 Å². The molecule has 1 atom stereocenters. The van der Waals surface area contributed by atoms with Gasteiger partial charge in [0.1, 0.15) is 4.88 Å². The Morgan fingerprint density at radius 3 is 2.46 bits per heavy atom. The summed E-state index contributed by atoms with van der Waals surface area (Å²) >= 11 is 7.20. The molecule has 1 aromatic heterocycles. The fourth-order valence-electron chi connectivity index (χ4n) is 3.28. The molecule has 0 bridgehead atoms. The normalized spacial score (nSPS) is 16.0. The number of fused-ring (bicyclic) bond motifs is 1. The molecule has 0 fully saturated rings. The second kappa shape index (κ2) is 6.59. The van der Waals surface area contributed by atoms with Crippen LogP contribution in [0.2, 0.25) is 5.02 Å². The molecule has 1 amide bonds. The van der Waals surface area contributed by atoms with Crippen LogP contribution in [0.5, 0.6) is 0 Å². The molecule has 0 aliphatic carbocycles. The molecule has 0 unspecified atom stereocenters. The van der Waals surface area contributed by atoms with Crippen LogP contribution in [-0.4, -0.2) is 17.0 Å². The van der Waals surface area contributed by atoms with Crippen molar-refractivity contribution in [3.8, 4) is 11.1 Å². The minimum Gasteiger partial charge on any atom is -0.477 e. The van der Waals surface area contributed by atoms with Crippen LogP contribution in [0.15, 0.2) is 54.6 Å².